The van der Waals surface area contributed by atoms with Crippen LogP contribution in [0.5, 0.6) is 0 Å². The van der Waals surface area contributed by atoms with E-state index in [1.165, 1.54) is 0 Å². The average Bonchev–Trinajstić information content (AvgIpc) is 3.06. The van der Waals surface area contributed by atoms with Crippen LogP contribution >= 0.6 is 11.6 Å². The summed E-state index contributed by atoms with van der Waals surface area (Å²) in [5.74, 6) is 0. The molecule has 0 saturated heterocycles. The Balaban J connectivity index is 1.56. The van der Waals surface area contributed by atoms with Crippen LogP contribution in [0.1, 0.15) is 50.9 Å². The molecule has 8 heteroatoms. The Kier molecular flexibility index (Phi) is 7.51. The minimum Gasteiger partial charge on any atom is -0.444 e. The van der Waals surface area contributed by atoms with E-state index in [-0.39, 0.29) is 6.04 Å². The van der Waals surface area contributed by atoms with E-state index in [0.29, 0.717) is 11.7 Å². The van der Waals surface area contributed by atoms with E-state index in [1.807, 2.05) is 68.9 Å². The predicted octanol–water partition coefficient (Wildman–Crippen LogP) is 4.76. The molecule has 166 valence electrons. The number of aryl methyl sites for hydroxylation is 1. The third kappa shape index (κ3) is 6.67. The van der Waals surface area contributed by atoms with Crippen molar-refractivity contribution in [2.45, 2.75) is 51.8 Å². The van der Waals surface area contributed by atoms with Crippen molar-refractivity contribution in [2.75, 3.05) is 6.54 Å². The van der Waals surface area contributed by atoms with Crippen LogP contribution in [-0.4, -0.2) is 33.0 Å². The molecule has 0 bridgehead atoms. The Morgan fingerprint density at radius 3 is 2.71 bits per heavy atom. The van der Waals surface area contributed by atoms with Crippen molar-refractivity contribution < 1.29 is 9.53 Å². The summed E-state index contributed by atoms with van der Waals surface area (Å²) in [7, 11) is 1.90. The van der Waals surface area contributed by atoms with Crippen molar-refractivity contribution >= 4 is 28.6 Å². The smallest absolute Gasteiger partial charge is 0.408 e. The molecule has 2 N–H and O–H groups in total. The highest BCUT2D eigenvalue weighted by atomic mass is 35.5. The van der Waals surface area contributed by atoms with E-state index < -0.39 is 11.7 Å². The van der Waals surface area contributed by atoms with Gasteiger partial charge >= 0.3 is 6.09 Å². The summed E-state index contributed by atoms with van der Waals surface area (Å²) in [6, 6.07) is 11.6. The van der Waals surface area contributed by atoms with Crippen LogP contribution in [0.4, 0.5) is 4.79 Å². The highest BCUT2D eigenvalue weighted by Gasteiger charge is 2.20. The second-order valence-corrected chi connectivity index (χ2v) is 8.91. The maximum atomic E-state index is 12.3. The molecule has 0 aliphatic carbocycles. The fourth-order valence-corrected chi connectivity index (χ4v) is 3.69. The summed E-state index contributed by atoms with van der Waals surface area (Å²) in [4.78, 5) is 16.8. The number of carbonyl (C=O) groups excluding carboxylic acids is 1. The number of alkyl carbamates (subject to hydrolysis) is 1. The summed E-state index contributed by atoms with van der Waals surface area (Å²) in [5, 5.41) is 12.2. The van der Waals surface area contributed by atoms with Crippen molar-refractivity contribution in [1.29, 1.82) is 0 Å². The van der Waals surface area contributed by atoms with Gasteiger partial charge in [-0.15, -0.1) is 0 Å². The van der Waals surface area contributed by atoms with Crippen LogP contribution in [-0.2, 0) is 18.3 Å². The molecule has 31 heavy (non-hydrogen) atoms. The molecule has 0 saturated carbocycles. The number of rotatable bonds is 8. The summed E-state index contributed by atoms with van der Waals surface area (Å²) >= 11 is 6.15. The Morgan fingerprint density at radius 2 is 2.00 bits per heavy atom. The molecule has 0 spiro atoms. The quantitative estimate of drug-likeness (QED) is 0.387. The molecule has 0 aliphatic heterocycles. The standard InChI is InChI=1S/C23H30ClN5O2/c1-23(2,3)31-22(30)28-18(16-9-6-5-7-10-16)11-8-12-25-15-19-21-17(13-20(24)27-19)14-26-29(21)4/h5-7,9-10,13-14,18,25H,8,11-12,15H2,1-4H3,(H,28,30). The van der Waals surface area contributed by atoms with Gasteiger partial charge in [0, 0.05) is 19.0 Å². The molecule has 3 aromatic rings. The number of halogens is 1. The van der Waals surface area contributed by atoms with Crippen LogP contribution in [0.25, 0.3) is 10.9 Å². The van der Waals surface area contributed by atoms with Crippen LogP contribution in [0, 0.1) is 0 Å². The van der Waals surface area contributed by atoms with Gasteiger partial charge in [-0.3, -0.25) is 4.68 Å². The lowest BCUT2D eigenvalue weighted by Crippen LogP contribution is -2.35. The minimum absolute atomic E-state index is 0.120. The molecule has 1 aromatic carbocycles. The molecule has 1 atom stereocenters. The van der Waals surface area contributed by atoms with E-state index in [4.69, 9.17) is 16.3 Å². The fourth-order valence-electron chi connectivity index (χ4n) is 3.47. The van der Waals surface area contributed by atoms with Gasteiger partial charge in [-0.1, -0.05) is 41.9 Å². The number of benzene rings is 1. The maximum absolute atomic E-state index is 12.3. The van der Waals surface area contributed by atoms with Crippen LogP contribution in [0.2, 0.25) is 5.15 Å². The lowest BCUT2D eigenvalue weighted by Gasteiger charge is -2.24. The van der Waals surface area contributed by atoms with E-state index in [9.17, 15) is 4.79 Å². The molecule has 3 rings (SSSR count). The Labute approximate surface area is 188 Å². The first-order chi connectivity index (χ1) is 14.7. The first kappa shape index (κ1) is 23.0. The first-order valence-corrected chi connectivity index (χ1v) is 10.8. The topological polar surface area (TPSA) is 81.1 Å². The van der Waals surface area contributed by atoms with Crippen molar-refractivity contribution in [3.63, 3.8) is 0 Å². The number of hydrogen-bond acceptors (Lipinski definition) is 5. The van der Waals surface area contributed by atoms with Crippen molar-refractivity contribution in [3.05, 3.63) is 59.0 Å². The van der Waals surface area contributed by atoms with Crippen LogP contribution in [0.3, 0.4) is 0 Å². The van der Waals surface area contributed by atoms with Gasteiger partial charge in [-0.05, 0) is 51.8 Å². The van der Waals surface area contributed by atoms with Gasteiger partial charge in [-0.25, -0.2) is 9.78 Å². The zero-order valence-electron chi connectivity index (χ0n) is 18.5. The van der Waals surface area contributed by atoms with Crippen molar-refractivity contribution in [1.82, 2.24) is 25.4 Å². The van der Waals surface area contributed by atoms with E-state index in [1.54, 1.807) is 6.20 Å². The third-order valence-corrected chi connectivity index (χ3v) is 4.98. The van der Waals surface area contributed by atoms with Gasteiger partial charge < -0.3 is 15.4 Å². The first-order valence-electron chi connectivity index (χ1n) is 10.5. The SMILES string of the molecule is Cn1ncc2cc(Cl)nc(CNCCCC(NC(=O)OC(C)(C)C)c3ccccc3)c21. The van der Waals surface area contributed by atoms with Crippen molar-refractivity contribution in [2.24, 2.45) is 7.05 Å². The van der Waals surface area contributed by atoms with Crippen molar-refractivity contribution in [3.8, 4) is 0 Å². The van der Waals surface area contributed by atoms with Gasteiger partial charge in [-0.2, -0.15) is 5.10 Å². The zero-order chi connectivity index (χ0) is 22.4. The molecule has 7 nitrogen and oxygen atoms in total. The summed E-state index contributed by atoms with van der Waals surface area (Å²) in [6.07, 6.45) is 3.03. The second kappa shape index (κ2) is 10.1. The predicted molar refractivity (Wildman–Crippen MR) is 123 cm³/mol. The Bertz CT molecular complexity index is 1010. The van der Waals surface area contributed by atoms with Gasteiger partial charge in [0.15, 0.2) is 0 Å². The lowest BCUT2D eigenvalue weighted by atomic mass is 10.0. The normalized spacial score (nSPS) is 12.7. The lowest BCUT2D eigenvalue weighted by molar-refractivity contribution is 0.0500. The molecule has 0 aliphatic rings. The minimum atomic E-state index is -0.534. The van der Waals surface area contributed by atoms with Gasteiger partial charge in [0.05, 0.1) is 23.4 Å². The summed E-state index contributed by atoms with van der Waals surface area (Å²) in [6.45, 7) is 6.93. The fraction of sp³-hybridized carbons (Fsp3) is 0.435. The molecule has 2 heterocycles. The highest BCUT2D eigenvalue weighted by Crippen LogP contribution is 2.21. The number of fused-ring (bicyclic) bond motifs is 1. The van der Waals surface area contributed by atoms with Crippen LogP contribution < -0.4 is 10.6 Å². The monoisotopic (exact) mass is 443 g/mol. The molecule has 1 unspecified atom stereocenters. The molecule has 2 aromatic heterocycles. The largest absolute Gasteiger partial charge is 0.444 e. The average molecular weight is 444 g/mol. The number of pyridine rings is 1. The number of ether oxygens (including phenoxy) is 1. The van der Waals surface area contributed by atoms with Crippen LogP contribution in [0.15, 0.2) is 42.6 Å². The number of amides is 1. The van der Waals surface area contributed by atoms with E-state index in [0.717, 1.165) is 41.5 Å². The Morgan fingerprint density at radius 1 is 1.26 bits per heavy atom. The number of hydrogen-bond donors (Lipinski definition) is 2. The third-order valence-electron chi connectivity index (χ3n) is 4.79. The zero-order valence-corrected chi connectivity index (χ0v) is 19.2. The number of aromatic nitrogens is 3. The summed E-state index contributed by atoms with van der Waals surface area (Å²) < 4.78 is 7.25. The molecule has 0 fully saturated rings. The number of carbonyl (C=O) groups is 1. The van der Waals surface area contributed by atoms with Gasteiger partial charge in [0.2, 0.25) is 0 Å². The van der Waals surface area contributed by atoms with Gasteiger partial charge in [0.25, 0.3) is 0 Å². The molecule has 1 amide bonds. The second-order valence-electron chi connectivity index (χ2n) is 8.53. The number of nitrogens with one attached hydrogen (secondary N) is 2. The van der Waals surface area contributed by atoms with E-state index in [2.05, 4.69) is 20.7 Å². The maximum Gasteiger partial charge on any atom is 0.408 e. The van der Waals surface area contributed by atoms with E-state index >= 15 is 0 Å². The molecule has 0 radical (unpaired) electrons. The molecular formula is C23H30ClN5O2. The number of nitrogens with zero attached hydrogens (tertiary/aromatic N) is 3. The highest BCUT2D eigenvalue weighted by molar-refractivity contribution is 6.30. The van der Waals surface area contributed by atoms with Gasteiger partial charge in [0.1, 0.15) is 10.8 Å². The Hall–Kier alpha value is -2.64. The summed E-state index contributed by atoms with van der Waals surface area (Å²) in [5.41, 5.74) is 2.37. The molecular weight excluding hydrogens is 414 g/mol.